The van der Waals surface area contributed by atoms with Crippen LogP contribution >= 0.6 is 34.7 Å². The molecule has 1 saturated heterocycles. The summed E-state index contributed by atoms with van der Waals surface area (Å²) in [5.41, 5.74) is 1.91. The Balaban J connectivity index is 1.39. The van der Waals surface area contributed by atoms with E-state index in [2.05, 4.69) is 10.2 Å². The summed E-state index contributed by atoms with van der Waals surface area (Å²) < 4.78 is 16.6. The monoisotopic (exact) mass is 635 g/mol. The second-order valence-corrected chi connectivity index (χ2v) is 12.0. The predicted octanol–water partition coefficient (Wildman–Crippen LogP) is 5.67. The molecule has 3 aromatic carbocycles. The molecular formula is C30H22ClN3O7S2. The van der Waals surface area contributed by atoms with Gasteiger partial charge in [0, 0.05) is 16.3 Å². The highest BCUT2D eigenvalue weighted by Gasteiger charge is 2.48. The standard InChI is InChI=1S/C30H22ClN3O7S2/c1-39-28(38)18-6-4-17(5-7-18)24-23(25(35)19-8-11-21-22(14-19)41-13-12-40-21)26(36)27(37)34(24)29-32-33-30(43-29)42-15-16-2-9-20(31)10-3-16/h2-11,14,24,35H,12-13,15H2,1H3/t24-/m1/s1. The highest BCUT2D eigenvalue weighted by Crippen LogP contribution is 2.45. The number of ketones is 1. The van der Waals surface area contributed by atoms with Gasteiger partial charge in [0.05, 0.1) is 24.3 Å². The summed E-state index contributed by atoms with van der Waals surface area (Å²) in [4.78, 5) is 40.4. The van der Waals surface area contributed by atoms with Crippen LogP contribution < -0.4 is 14.4 Å². The number of rotatable bonds is 7. The summed E-state index contributed by atoms with van der Waals surface area (Å²) >= 11 is 8.55. The number of carbonyl (C=O) groups is 3. The van der Waals surface area contributed by atoms with Crippen molar-refractivity contribution in [3.8, 4) is 11.5 Å². The van der Waals surface area contributed by atoms with Crippen molar-refractivity contribution in [2.45, 2.75) is 16.1 Å². The molecule has 0 bridgehead atoms. The molecular weight excluding hydrogens is 614 g/mol. The molecule has 1 atom stereocenters. The molecule has 0 unspecified atom stereocenters. The summed E-state index contributed by atoms with van der Waals surface area (Å²) in [6.07, 6.45) is 0. The summed E-state index contributed by atoms with van der Waals surface area (Å²) in [7, 11) is 1.27. The largest absolute Gasteiger partial charge is 0.507 e. The third-order valence-corrected chi connectivity index (χ3v) is 9.16. The van der Waals surface area contributed by atoms with Crippen molar-refractivity contribution in [2.75, 3.05) is 25.2 Å². The van der Waals surface area contributed by atoms with E-state index in [9.17, 15) is 19.5 Å². The minimum absolute atomic E-state index is 0.141. The van der Waals surface area contributed by atoms with Crippen LogP contribution in [0.25, 0.3) is 5.76 Å². The number of amides is 1. The number of ether oxygens (including phenoxy) is 3. The van der Waals surface area contributed by atoms with E-state index in [4.69, 9.17) is 25.8 Å². The van der Waals surface area contributed by atoms with E-state index in [0.717, 1.165) is 16.9 Å². The van der Waals surface area contributed by atoms with Crippen molar-refractivity contribution in [3.05, 3.63) is 99.6 Å². The second-order valence-electron chi connectivity index (χ2n) is 9.41. The molecule has 0 aliphatic carbocycles. The molecule has 43 heavy (non-hydrogen) atoms. The lowest BCUT2D eigenvalue weighted by Crippen LogP contribution is -2.29. The lowest BCUT2D eigenvalue weighted by Gasteiger charge is -2.23. The minimum atomic E-state index is -1.05. The first-order chi connectivity index (χ1) is 20.8. The average molecular weight is 636 g/mol. The molecule has 2 aliphatic rings. The number of aromatic nitrogens is 2. The topological polar surface area (TPSA) is 128 Å². The van der Waals surface area contributed by atoms with Crippen LogP contribution in [-0.4, -0.2) is 53.3 Å². The molecule has 0 radical (unpaired) electrons. The molecule has 1 aromatic heterocycles. The molecule has 13 heteroatoms. The fourth-order valence-electron chi connectivity index (χ4n) is 4.69. The lowest BCUT2D eigenvalue weighted by molar-refractivity contribution is -0.132. The maximum atomic E-state index is 13.5. The van der Waals surface area contributed by atoms with E-state index < -0.39 is 23.7 Å². The number of nitrogens with zero attached hydrogens (tertiary/aromatic N) is 3. The van der Waals surface area contributed by atoms with E-state index in [1.807, 2.05) is 12.1 Å². The summed E-state index contributed by atoms with van der Waals surface area (Å²) in [6.45, 7) is 0.733. The molecule has 6 rings (SSSR count). The van der Waals surface area contributed by atoms with Gasteiger partial charge in [-0.25, -0.2) is 4.79 Å². The van der Waals surface area contributed by atoms with Crippen molar-refractivity contribution in [3.63, 3.8) is 0 Å². The van der Waals surface area contributed by atoms with Crippen LogP contribution in [0.15, 0.2) is 76.6 Å². The summed E-state index contributed by atoms with van der Waals surface area (Å²) in [6, 6.07) is 17.4. The zero-order valence-electron chi connectivity index (χ0n) is 22.5. The minimum Gasteiger partial charge on any atom is -0.507 e. The first-order valence-electron chi connectivity index (χ1n) is 12.9. The van der Waals surface area contributed by atoms with Crippen molar-refractivity contribution in [1.82, 2.24) is 10.2 Å². The van der Waals surface area contributed by atoms with E-state index in [0.29, 0.717) is 45.4 Å². The fraction of sp³-hybridized carbons (Fsp3) is 0.167. The summed E-state index contributed by atoms with van der Waals surface area (Å²) in [5.74, 6) is -1.17. The van der Waals surface area contributed by atoms with Gasteiger partial charge < -0.3 is 19.3 Å². The Morgan fingerprint density at radius 1 is 1.02 bits per heavy atom. The van der Waals surface area contributed by atoms with E-state index >= 15 is 0 Å². The first-order valence-corrected chi connectivity index (χ1v) is 15.1. The van der Waals surface area contributed by atoms with Crippen LogP contribution in [0.4, 0.5) is 5.13 Å². The maximum absolute atomic E-state index is 13.5. The molecule has 1 N–H and O–H groups in total. The molecule has 2 aliphatic heterocycles. The van der Waals surface area contributed by atoms with Gasteiger partial charge >= 0.3 is 11.9 Å². The number of halogens is 1. The number of fused-ring (bicyclic) bond motifs is 1. The maximum Gasteiger partial charge on any atom is 0.337 e. The number of thioether (sulfide) groups is 1. The van der Waals surface area contributed by atoms with E-state index in [1.165, 1.54) is 35.9 Å². The van der Waals surface area contributed by atoms with Gasteiger partial charge in [0.25, 0.3) is 5.78 Å². The Morgan fingerprint density at radius 2 is 1.72 bits per heavy atom. The van der Waals surface area contributed by atoms with E-state index in [-0.39, 0.29) is 27.6 Å². The highest BCUT2D eigenvalue weighted by atomic mass is 35.5. The quantitative estimate of drug-likeness (QED) is 0.0677. The number of benzene rings is 3. The first kappa shape index (κ1) is 28.7. The van der Waals surface area contributed by atoms with Gasteiger partial charge in [0.2, 0.25) is 5.13 Å². The Morgan fingerprint density at radius 3 is 2.44 bits per heavy atom. The van der Waals surface area contributed by atoms with Crippen LogP contribution in [0.5, 0.6) is 11.5 Å². The number of esters is 1. The van der Waals surface area contributed by atoms with Crippen LogP contribution in [0, 0.1) is 0 Å². The molecule has 10 nitrogen and oxygen atoms in total. The molecule has 4 aromatic rings. The van der Waals surface area contributed by atoms with Crippen molar-refractivity contribution >= 4 is 63.3 Å². The van der Waals surface area contributed by atoms with Gasteiger partial charge in [0.1, 0.15) is 19.0 Å². The van der Waals surface area contributed by atoms with Crippen molar-refractivity contribution < 1.29 is 33.7 Å². The van der Waals surface area contributed by atoms with Gasteiger partial charge in [-0.2, -0.15) is 0 Å². The zero-order valence-corrected chi connectivity index (χ0v) is 24.9. The number of aliphatic hydroxyl groups excluding tert-OH is 1. The van der Waals surface area contributed by atoms with Gasteiger partial charge in [0.15, 0.2) is 15.8 Å². The Kier molecular flexibility index (Phi) is 8.06. The molecule has 0 saturated carbocycles. The Bertz CT molecular complexity index is 1760. The number of Topliss-reactive ketones (excluding diaryl/α,β-unsaturated/α-hetero) is 1. The molecule has 1 fully saturated rings. The number of hydrogen-bond donors (Lipinski definition) is 1. The highest BCUT2D eigenvalue weighted by molar-refractivity contribution is 8.00. The van der Waals surface area contributed by atoms with Gasteiger partial charge in [-0.1, -0.05) is 59.0 Å². The van der Waals surface area contributed by atoms with Crippen molar-refractivity contribution in [1.29, 1.82) is 0 Å². The van der Waals surface area contributed by atoms with Gasteiger partial charge in [-0.15, -0.1) is 10.2 Å². The average Bonchev–Trinajstić information content (AvgIpc) is 3.61. The summed E-state index contributed by atoms with van der Waals surface area (Å²) in [5, 5.41) is 20.8. The van der Waals surface area contributed by atoms with Crippen LogP contribution in [0.3, 0.4) is 0 Å². The smallest absolute Gasteiger partial charge is 0.337 e. The molecule has 1 amide bonds. The molecule has 3 heterocycles. The number of hydrogen-bond acceptors (Lipinski definition) is 11. The zero-order chi connectivity index (χ0) is 30.1. The van der Waals surface area contributed by atoms with Crippen LogP contribution in [0.1, 0.15) is 33.1 Å². The van der Waals surface area contributed by atoms with E-state index in [1.54, 1.807) is 42.5 Å². The van der Waals surface area contributed by atoms with Gasteiger partial charge in [-0.05, 0) is 53.6 Å². The molecule has 0 spiro atoms. The van der Waals surface area contributed by atoms with Gasteiger partial charge in [-0.3, -0.25) is 14.5 Å². The predicted molar refractivity (Wildman–Crippen MR) is 161 cm³/mol. The van der Waals surface area contributed by atoms with Crippen LogP contribution in [0.2, 0.25) is 5.02 Å². The SMILES string of the molecule is COC(=O)c1ccc([C@@H]2C(=C(O)c3ccc4c(c3)OCCO4)C(=O)C(=O)N2c2nnc(SCc3ccc(Cl)cc3)s2)cc1. The van der Waals surface area contributed by atoms with Crippen LogP contribution in [-0.2, 0) is 20.1 Å². The lowest BCUT2D eigenvalue weighted by atomic mass is 9.94. The Hall–Kier alpha value is -4.39. The third kappa shape index (κ3) is 5.68. The second kappa shape index (κ2) is 12.1. The molecule has 218 valence electrons. The number of anilines is 1. The third-order valence-electron chi connectivity index (χ3n) is 6.79. The number of aliphatic hydroxyl groups is 1. The Labute approximate surface area is 258 Å². The van der Waals surface area contributed by atoms with Crippen molar-refractivity contribution in [2.24, 2.45) is 0 Å². The number of carbonyl (C=O) groups excluding carboxylic acids is 3. The number of methoxy groups -OCH3 is 1. The fourth-order valence-corrected chi connectivity index (χ4v) is 6.64. The normalized spacial score (nSPS) is 17.3.